The topological polar surface area (TPSA) is 48.1 Å². The highest BCUT2D eigenvalue weighted by atomic mass is 35.5. The molecule has 106 valence electrons. The van der Waals surface area contributed by atoms with Crippen LogP contribution in [0.15, 0.2) is 48.5 Å². The number of hydrogen-bond donors (Lipinski definition) is 1. The zero-order chi connectivity index (χ0) is 14.8. The van der Waals surface area contributed by atoms with Crippen molar-refractivity contribution in [1.82, 2.24) is 4.98 Å². The van der Waals surface area contributed by atoms with Crippen molar-refractivity contribution in [3.05, 3.63) is 64.8 Å². The molecule has 1 aromatic heterocycles. The summed E-state index contributed by atoms with van der Waals surface area (Å²) < 4.78 is 5.90. The van der Waals surface area contributed by atoms with Crippen LogP contribution in [0.1, 0.15) is 11.3 Å². The third kappa shape index (κ3) is 2.78. The lowest BCUT2D eigenvalue weighted by Gasteiger charge is -2.12. The van der Waals surface area contributed by atoms with Crippen molar-refractivity contribution in [3.63, 3.8) is 0 Å². The zero-order valence-electron chi connectivity index (χ0n) is 11.6. The first kappa shape index (κ1) is 13.7. The summed E-state index contributed by atoms with van der Waals surface area (Å²) in [6, 6.07) is 15.3. The van der Waals surface area contributed by atoms with Gasteiger partial charge in [-0.3, -0.25) is 0 Å². The number of nitrogens with zero attached hydrogens (tertiary/aromatic N) is 1. The highest BCUT2D eigenvalue weighted by Gasteiger charge is 2.08. The fraction of sp³-hybridized carbons (Fsp3) is 0.118. The Bertz CT molecular complexity index is 782. The molecule has 0 fully saturated rings. The van der Waals surface area contributed by atoms with Gasteiger partial charge >= 0.3 is 0 Å². The Labute approximate surface area is 128 Å². The van der Waals surface area contributed by atoms with E-state index in [1.807, 2.05) is 55.5 Å². The van der Waals surface area contributed by atoms with Gasteiger partial charge in [-0.05, 0) is 31.2 Å². The highest BCUT2D eigenvalue weighted by molar-refractivity contribution is 6.31. The van der Waals surface area contributed by atoms with Gasteiger partial charge in [0.25, 0.3) is 0 Å². The second-order valence-corrected chi connectivity index (χ2v) is 5.28. The Balaban J connectivity index is 1.94. The highest BCUT2D eigenvalue weighted by Crippen LogP contribution is 2.27. The lowest BCUT2D eigenvalue weighted by molar-refractivity contribution is 0.310. The summed E-state index contributed by atoms with van der Waals surface area (Å²) in [6.45, 7) is 2.28. The Morgan fingerprint density at radius 2 is 1.90 bits per heavy atom. The first-order valence-corrected chi connectivity index (χ1v) is 7.05. The number of ether oxygens (including phenoxy) is 1. The normalized spacial score (nSPS) is 10.8. The number of hydrogen-bond acceptors (Lipinski definition) is 3. The Hall–Kier alpha value is -2.26. The third-order valence-corrected chi connectivity index (χ3v) is 3.70. The van der Waals surface area contributed by atoms with Gasteiger partial charge in [0, 0.05) is 27.4 Å². The number of nitrogen functional groups attached to an aromatic ring is 1. The van der Waals surface area contributed by atoms with Crippen LogP contribution in [0.2, 0.25) is 5.02 Å². The van der Waals surface area contributed by atoms with Gasteiger partial charge < -0.3 is 10.5 Å². The van der Waals surface area contributed by atoms with Crippen molar-refractivity contribution in [2.24, 2.45) is 0 Å². The Morgan fingerprint density at radius 1 is 1.10 bits per heavy atom. The summed E-state index contributed by atoms with van der Waals surface area (Å²) in [4.78, 5) is 4.54. The van der Waals surface area contributed by atoms with Crippen LogP contribution < -0.4 is 10.5 Å². The number of aromatic nitrogens is 1. The maximum atomic E-state index is 6.16. The molecule has 0 amide bonds. The molecule has 2 N–H and O–H groups in total. The molecule has 0 saturated heterocycles. The Kier molecular flexibility index (Phi) is 3.67. The van der Waals surface area contributed by atoms with Gasteiger partial charge in [0.1, 0.15) is 17.9 Å². The number of halogens is 1. The van der Waals surface area contributed by atoms with Gasteiger partial charge in [0.2, 0.25) is 0 Å². The number of para-hydroxylation sites is 1. The summed E-state index contributed by atoms with van der Waals surface area (Å²) in [7, 11) is 0. The van der Waals surface area contributed by atoms with Gasteiger partial charge in [-0.1, -0.05) is 35.9 Å². The second-order valence-electron chi connectivity index (χ2n) is 4.88. The number of pyridine rings is 1. The molecule has 3 rings (SSSR count). The van der Waals surface area contributed by atoms with E-state index in [4.69, 9.17) is 22.1 Å². The molecule has 0 bridgehead atoms. The van der Waals surface area contributed by atoms with E-state index in [1.54, 1.807) is 0 Å². The van der Waals surface area contributed by atoms with E-state index >= 15 is 0 Å². The molecule has 3 aromatic rings. The van der Waals surface area contributed by atoms with Crippen molar-refractivity contribution < 1.29 is 4.74 Å². The van der Waals surface area contributed by atoms with Gasteiger partial charge in [-0.2, -0.15) is 0 Å². The van der Waals surface area contributed by atoms with Crippen LogP contribution in [0.5, 0.6) is 5.75 Å². The number of benzene rings is 2. The van der Waals surface area contributed by atoms with Gasteiger partial charge in [-0.15, -0.1) is 0 Å². The standard InChI is InChI=1S/C17H15ClN2O/c1-11-8-9-12-4-2-7-16(17(12)20-11)21-10-13-14(18)5-3-6-15(13)19/h2-9H,10,19H2,1H3. The maximum absolute atomic E-state index is 6.16. The molecule has 0 aliphatic carbocycles. The molecule has 0 radical (unpaired) electrons. The monoisotopic (exact) mass is 298 g/mol. The minimum Gasteiger partial charge on any atom is -0.486 e. The van der Waals surface area contributed by atoms with Crippen molar-refractivity contribution >= 4 is 28.2 Å². The molecular weight excluding hydrogens is 284 g/mol. The summed E-state index contributed by atoms with van der Waals surface area (Å²) in [5.74, 6) is 0.732. The lowest BCUT2D eigenvalue weighted by atomic mass is 10.2. The number of aryl methyl sites for hydroxylation is 1. The summed E-state index contributed by atoms with van der Waals surface area (Å²) in [5, 5.41) is 1.66. The van der Waals surface area contributed by atoms with Crippen LogP contribution in [0.25, 0.3) is 10.9 Å². The largest absolute Gasteiger partial charge is 0.486 e. The Morgan fingerprint density at radius 3 is 2.71 bits per heavy atom. The van der Waals surface area contributed by atoms with E-state index in [1.165, 1.54) is 0 Å². The minimum atomic E-state index is 0.320. The molecule has 3 nitrogen and oxygen atoms in total. The quantitative estimate of drug-likeness (QED) is 0.731. The fourth-order valence-corrected chi connectivity index (χ4v) is 2.45. The van der Waals surface area contributed by atoms with E-state index in [9.17, 15) is 0 Å². The molecule has 2 aromatic carbocycles. The number of rotatable bonds is 3. The van der Waals surface area contributed by atoms with Crippen LogP contribution in [-0.2, 0) is 6.61 Å². The summed E-state index contributed by atoms with van der Waals surface area (Å²) in [5.41, 5.74) is 9.17. The van der Waals surface area contributed by atoms with Crippen LogP contribution in [0.3, 0.4) is 0 Å². The second kappa shape index (κ2) is 5.62. The van der Waals surface area contributed by atoms with Crippen molar-refractivity contribution in [3.8, 4) is 5.75 Å². The van der Waals surface area contributed by atoms with Crippen LogP contribution in [-0.4, -0.2) is 4.98 Å². The summed E-state index contributed by atoms with van der Waals surface area (Å²) in [6.07, 6.45) is 0. The van der Waals surface area contributed by atoms with Crippen molar-refractivity contribution in [1.29, 1.82) is 0 Å². The van der Waals surface area contributed by atoms with E-state index in [0.717, 1.165) is 27.9 Å². The molecular formula is C17H15ClN2O. The third-order valence-electron chi connectivity index (χ3n) is 3.35. The first-order chi connectivity index (χ1) is 10.1. The number of anilines is 1. The predicted molar refractivity (Wildman–Crippen MR) is 86.7 cm³/mol. The van der Waals surface area contributed by atoms with Gasteiger partial charge in [0.15, 0.2) is 0 Å². The SMILES string of the molecule is Cc1ccc2cccc(OCc3c(N)cccc3Cl)c2n1. The molecule has 0 aliphatic rings. The van der Waals surface area contributed by atoms with E-state index < -0.39 is 0 Å². The smallest absolute Gasteiger partial charge is 0.146 e. The van der Waals surface area contributed by atoms with Crippen LogP contribution in [0, 0.1) is 6.92 Å². The average Bonchev–Trinajstić information content (AvgIpc) is 2.47. The van der Waals surface area contributed by atoms with Crippen LogP contribution >= 0.6 is 11.6 Å². The van der Waals surface area contributed by atoms with E-state index in [0.29, 0.717) is 17.3 Å². The molecule has 0 unspecified atom stereocenters. The van der Waals surface area contributed by atoms with E-state index in [2.05, 4.69) is 4.98 Å². The molecule has 21 heavy (non-hydrogen) atoms. The molecule has 0 atom stereocenters. The first-order valence-electron chi connectivity index (χ1n) is 6.67. The minimum absolute atomic E-state index is 0.320. The molecule has 1 heterocycles. The number of nitrogens with two attached hydrogens (primary N) is 1. The molecule has 0 saturated carbocycles. The average molecular weight is 299 g/mol. The summed E-state index contributed by atoms with van der Waals surface area (Å²) >= 11 is 6.16. The molecule has 4 heteroatoms. The molecule has 0 spiro atoms. The predicted octanol–water partition coefficient (Wildman–Crippen LogP) is 4.36. The lowest BCUT2D eigenvalue weighted by Crippen LogP contribution is -2.02. The van der Waals surface area contributed by atoms with Crippen LogP contribution in [0.4, 0.5) is 5.69 Å². The van der Waals surface area contributed by atoms with Crippen molar-refractivity contribution in [2.75, 3.05) is 5.73 Å². The molecule has 0 aliphatic heterocycles. The van der Waals surface area contributed by atoms with Gasteiger partial charge in [0.05, 0.1) is 0 Å². The maximum Gasteiger partial charge on any atom is 0.146 e. The van der Waals surface area contributed by atoms with Gasteiger partial charge in [-0.25, -0.2) is 4.98 Å². The number of fused-ring (bicyclic) bond motifs is 1. The fourth-order valence-electron chi connectivity index (χ4n) is 2.21. The van der Waals surface area contributed by atoms with E-state index in [-0.39, 0.29) is 0 Å². The van der Waals surface area contributed by atoms with Crippen molar-refractivity contribution in [2.45, 2.75) is 13.5 Å². The zero-order valence-corrected chi connectivity index (χ0v) is 12.4.